The lowest BCUT2D eigenvalue weighted by atomic mass is 10.1. The third-order valence-corrected chi connectivity index (χ3v) is 3.41. The molecule has 0 spiro atoms. The van der Waals surface area contributed by atoms with E-state index in [1.54, 1.807) is 0 Å². The zero-order valence-electron chi connectivity index (χ0n) is 13.8. The minimum Gasteiger partial charge on any atom is -0.385 e. The van der Waals surface area contributed by atoms with E-state index in [1.165, 1.54) is 11.1 Å². The van der Waals surface area contributed by atoms with Crippen molar-refractivity contribution in [2.75, 3.05) is 17.2 Å². The number of benzene rings is 2. The average molecular weight is 296 g/mol. The summed E-state index contributed by atoms with van der Waals surface area (Å²) < 4.78 is 0. The van der Waals surface area contributed by atoms with Crippen molar-refractivity contribution in [2.45, 2.75) is 34.1 Å². The molecule has 2 rings (SSSR count). The second-order valence-electron chi connectivity index (χ2n) is 5.98. The Kier molecular flexibility index (Phi) is 5.21. The van der Waals surface area contributed by atoms with E-state index in [0.29, 0.717) is 13.0 Å². The molecule has 0 bridgehead atoms. The zero-order chi connectivity index (χ0) is 16.1. The van der Waals surface area contributed by atoms with Gasteiger partial charge in [-0.3, -0.25) is 4.79 Å². The largest absolute Gasteiger partial charge is 0.385 e. The summed E-state index contributed by atoms with van der Waals surface area (Å²) in [7, 11) is 0. The lowest BCUT2D eigenvalue weighted by Crippen LogP contribution is -2.16. The molecule has 0 aliphatic heterocycles. The molecule has 0 radical (unpaired) electrons. The van der Waals surface area contributed by atoms with E-state index in [0.717, 1.165) is 22.5 Å². The first-order valence-electron chi connectivity index (χ1n) is 7.63. The second kappa shape index (κ2) is 7.12. The maximum atomic E-state index is 12.0. The fraction of sp³-hybridized carbons (Fsp3) is 0.316. The van der Waals surface area contributed by atoms with Gasteiger partial charge in [0.15, 0.2) is 0 Å². The van der Waals surface area contributed by atoms with Crippen LogP contribution in [0, 0.1) is 27.7 Å². The summed E-state index contributed by atoms with van der Waals surface area (Å²) in [5, 5.41) is 6.26. The van der Waals surface area contributed by atoms with Crippen molar-refractivity contribution in [1.29, 1.82) is 0 Å². The quantitative estimate of drug-likeness (QED) is 0.860. The Balaban J connectivity index is 1.85. The number of hydrogen-bond acceptors (Lipinski definition) is 2. The fourth-order valence-electron chi connectivity index (χ4n) is 2.67. The number of hydrogen-bond donors (Lipinski definition) is 2. The molecule has 2 N–H and O–H groups in total. The molecule has 1 amide bonds. The third kappa shape index (κ3) is 4.92. The molecule has 0 unspecified atom stereocenters. The van der Waals surface area contributed by atoms with Crippen LogP contribution in [0.4, 0.5) is 11.4 Å². The van der Waals surface area contributed by atoms with Crippen molar-refractivity contribution in [3.05, 3.63) is 58.7 Å². The van der Waals surface area contributed by atoms with Gasteiger partial charge in [0.05, 0.1) is 0 Å². The number of nitrogens with one attached hydrogen (secondary N) is 2. The SMILES string of the molecule is Cc1cc(C)cc(NCCC(=O)Nc2cc(C)cc(C)c2)c1. The van der Waals surface area contributed by atoms with Gasteiger partial charge in [0, 0.05) is 24.3 Å². The first-order chi connectivity index (χ1) is 10.4. The van der Waals surface area contributed by atoms with Crippen molar-refractivity contribution in [1.82, 2.24) is 0 Å². The second-order valence-corrected chi connectivity index (χ2v) is 5.98. The Morgan fingerprint density at radius 3 is 1.73 bits per heavy atom. The Labute approximate surface area is 132 Å². The topological polar surface area (TPSA) is 41.1 Å². The summed E-state index contributed by atoms with van der Waals surface area (Å²) in [4.78, 5) is 12.0. The van der Waals surface area contributed by atoms with Gasteiger partial charge >= 0.3 is 0 Å². The van der Waals surface area contributed by atoms with Gasteiger partial charge in [0.2, 0.25) is 5.91 Å². The molecular weight excluding hydrogens is 272 g/mol. The van der Waals surface area contributed by atoms with Crippen molar-refractivity contribution < 1.29 is 4.79 Å². The highest BCUT2D eigenvalue weighted by Gasteiger charge is 2.04. The predicted octanol–water partition coefficient (Wildman–Crippen LogP) is 4.36. The molecule has 3 nitrogen and oxygen atoms in total. The van der Waals surface area contributed by atoms with Gasteiger partial charge in [0.25, 0.3) is 0 Å². The van der Waals surface area contributed by atoms with Crippen LogP contribution in [0.3, 0.4) is 0 Å². The highest BCUT2D eigenvalue weighted by atomic mass is 16.1. The monoisotopic (exact) mass is 296 g/mol. The van der Waals surface area contributed by atoms with E-state index in [1.807, 2.05) is 26.0 Å². The van der Waals surface area contributed by atoms with Crippen LogP contribution >= 0.6 is 0 Å². The standard InChI is InChI=1S/C19H24N2O/c1-13-7-14(2)10-17(9-13)20-6-5-19(22)21-18-11-15(3)8-16(4)12-18/h7-12,20H,5-6H2,1-4H3,(H,21,22). The van der Waals surface area contributed by atoms with E-state index in [-0.39, 0.29) is 5.91 Å². The number of anilines is 2. The van der Waals surface area contributed by atoms with Crippen molar-refractivity contribution >= 4 is 17.3 Å². The summed E-state index contributed by atoms with van der Waals surface area (Å²) in [5.41, 5.74) is 6.70. The van der Waals surface area contributed by atoms with E-state index in [2.05, 4.69) is 48.7 Å². The Bertz CT molecular complexity index is 637. The molecule has 0 aromatic heterocycles. The minimum atomic E-state index is 0.0295. The molecule has 2 aromatic carbocycles. The first kappa shape index (κ1) is 16.1. The minimum absolute atomic E-state index is 0.0295. The van der Waals surface area contributed by atoms with Gasteiger partial charge < -0.3 is 10.6 Å². The molecule has 22 heavy (non-hydrogen) atoms. The smallest absolute Gasteiger partial charge is 0.226 e. The van der Waals surface area contributed by atoms with Gasteiger partial charge in [-0.15, -0.1) is 0 Å². The van der Waals surface area contributed by atoms with Crippen LogP contribution in [-0.2, 0) is 4.79 Å². The van der Waals surface area contributed by atoms with Crippen LogP contribution < -0.4 is 10.6 Å². The molecule has 2 aromatic rings. The summed E-state index contributed by atoms with van der Waals surface area (Å²) in [6.07, 6.45) is 0.444. The molecule has 0 aliphatic carbocycles. The Hall–Kier alpha value is -2.29. The predicted molar refractivity (Wildman–Crippen MR) is 93.6 cm³/mol. The maximum absolute atomic E-state index is 12.0. The summed E-state index contributed by atoms with van der Waals surface area (Å²) in [6.45, 7) is 8.84. The lowest BCUT2D eigenvalue weighted by Gasteiger charge is -2.10. The molecule has 0 aliphatic rings. The van der Waals surface area contributed by atoms with Crippen molar-refractivity contribution in [2.24, 2.45) is 0 Å². The van der Waals surface area contributed by atoms with Crippen molar-refractivity contribution in [3.63, 3.8) is 0 Å². The van der Waals surface area contributed by atoms with Crippen LogP contribution in [0.5, 0.6) is 0 Å². The zero-order valence-corrected chi connectivity index (χ0v) is 13.8. The Morgan fingerprint density at radius 2 is 1.23 bits per heavy atom. The lowest BCUT2D eigenvalue weighted by molar-refractivity contribution is -0.115. The molecule has 0 atom stereocenters. The number of aryl methyl sites for hydroxylation is 4. The van der Waals surface area contributed by atoms with Crippen LogP contribution in [-0.4, -0.2) is 12.5 Å². The molecule has 116 valence electrons. The normalized spacial score (nSPS) is 10.4. The fourth-order valence-corrected chi connectivity index (χ4v) is 2.67. The van der Waals surface area contributed by atoms with Gasteiger partial charge in [-0.2, -0.15) is 0 Å². The van der Waals surface area contributed by atoms with Crippen molar-refractivity contribution in [3.8, 4) is 0 Å². The summed E-state index contributed by atoms with van der Waals surface area (Å²) >= 11 is 0. The highest BCUT2D eigenvalue weighted by Crippen LogP contribution is 2.15. The average Bonchev–Trinajstić information content (AvgIpc) is 2.35. The molecular formula is C19H24N2O. The Morgan fingerprint density at radius 1 is 0.773 bits per heavy atom. The third-order valence-electron chi connectivity index (χ3n) is 3.41. The molecule has 0 heterocycles. The molecule has 0 saturated heterocycles. The number of rotatable bonds is 5. The number of carbonyl (C=O) groups excluding carboxylic acids is 1. The van der Waals surface area contributed by atoms with Crippen LogP contribution in [0.15, 0.2) is 36.4 Å². The van der Waals surface area contributed by atoms with Crippen LogP contribution in [0.2, 0.25) is 0 Å². The van der Waals surface area contributed by atoms with E-state index >= 15 is 0 Å². The molecule has 3 heteroatoms. The first-order valence-corrected chi connectivity index (χ1v) is 7.63. The highest BCUT2D eigenvalue weighted by molar-refractivity contribution is 5.91. The van der Waals surface area contributed by atoms with Gasteiger partial charge in [-0.05, 0) is 74.2 Å². The van der Waals surface area contributed by atoms with Gasteiger partial charge in [0.1, 0.15) is 0 Å². The van der Waals surface area contributed by atoms with E-state index < -0.39 is 0 Å². The van der Waals surface area contributed by atoms with Gasteiger partial charge in [-0.1, -0.05) is 12.1 Å². The molecule has 0 fully saturated rings. The number of carbonyl (C=O) groups is 1. The number of amides is 1. The molecule has 0 saturated carbocycles. The summed E-state index contributed by atoms with van der Waals surface area (Å²) in [5.74, 6) is 0.0295. The van der Waals surface area contributed by atoms with Crippen LogP contribution in [0.25, 0.3) is 0 Å². The maximum Gasteiger partial charge on any atom is 0.226 e. The van der Waals surface area contributed by atoms with E-state index in [4.69, 9.17) is 0 Å². The summed E-state index contributed by atoms with van der Waals surface area (Å²) in [6, 6.07) is 12.4. The van der Waals surface area contributed by atoms with E-state index in [9.17, 15) is 4.79 Å². The van der Waals surface area contributed by atoms with Gasteiger partial charge in [-0.25, -0.2) is 0 Å². The van der Waals surface area contributed by atoms with Crippen LogP contribution in [0.1, 0.15) is 28.7 Å².